The molecule has 0 radical (unpaired) electrons. The summed E-state index contributed by atoms with van der Waals surface area (Å²) in [7, 11) is 0. The minimum Gasteiger partial charge on any atom is -0.370 e. The molecule has 0 bridgehead atoms. The maximum atomic E-state index is 12.6. The van der Waals surface area contributed by atoms with Crippen molar-refractivity contribution in [3.8, 4) is 0 Å². The van der Waals surface area contributed by atoms with Crippen molar-refractivity contribution in [2.75, 3.05) is 38.0 Å². The van der Waals surface area contributed by atoms with Crippen molar-refractivity contribution in [1.29, 1.82) is 0 Å². The number of aromatic nitrogens is 1. The van der Waals surface area contributed by atoms with Crippen molar-refractivity contribution in [2.45, 2.75) is 19.8 Å². The van der Waals surface area contributed by atoms with Crippen LogP contribution < -0.4 is 5.32 Å². The van der Waals surface area contributed by atoms with Crippen molar-refractivity contribution < 1.29 is 9.59 Å². The average Bonchev–Trinajstić information content (AvgIpc) is 2.72. The van der Waals surface area contributed by atoms with Crippen LogP contribution in [0.2, 0.25) is 0 Å². The van der Waals surface area contributed by atoms with E-state index in [4.69, 9.17) is 0 Å². The van der Waals surface area contributed by atoms with Gasteiger partial charge in [0.2, 0.25) is 5.91 Å². The Morgan fingerprint density at radius 1 is 1.00 bits per heavy atom. The summed E-state index contributed by atoms with van der Waals surface area (Å²) in [5.41, 5.74) is 1.92. The molecule has 27 heavy (non-hydrogen) atoms. The van der Waals surface area contributed by atoms with Gasteiger partial charge in [-0.1, -0.05) is 30.3 Å². The molecule has 1 aromatic heterocycles. The average molecular weight is 366 g/mol. The third-order valence-corrected chi connectivity index (χ3v) is 4.81. The van der Waals surface area contributed by atoms with Gasteiger partial charge in [0, 0.05) is 45.8 Å². The Morgan fingerprint density at radius 2 is 1.70 bits per heavy atom. The SMILES string of the molecule is CC(=O)N1CCN(C(=O)c2ccc(NCCCc3ccccc3)nc2)CC1. The molecule has 142 valence electrons. The molecule has 3 rings (SSSR count). The third kappa shape index (κ3) is 5.29. The molecule has 0 atom stereocenters. The molecule has 1 fully saturated rings. The molecule has 6 nitrogen and oxygen atoms in total. The van der Waals surface area contributed by atoms with Crippen LogP contribution in [0.1, 0.15) is 29.3 Å². The summed E-state index contributed by atoms with van der Waals surface area (Å²) < 4.78 is 0. The molecule has 0 unspecified atom stereocenters. The number of carbonyl (C=O) groups is 2. The summed E-state index contributed by atoms with van der Waals surface area (Å²) in [6, 6.07) is 14.1. The molecule has 6 heteroatoms. The van der Waals surface area contributed by atoms with Crippen molar-refractivity contribution in [3.05, 3.63) is 59.8 Å². The zero-order valence-corrected chi connectivity index (χ0v) is 15.7. The van der Waals surface area contributed by atoms with E-state index >= 15 is 0 Å². The molecular weight excluding hydrogens is 340 g/mol. The van der Waals surface area contributed by atoms with E-state index in [-0.39, 0.29) is 11.8 Å². The molecule has 2 aromatic rings. The number of nitrogens with zero attached hydrogens (tertiary/aromatic N) is 3. The highest BCUT2D eigenvalue weighted by Gasteiger charge is 2.23. The van der Waals surface area contributed by atoms with Gasteiger partial charge in [-0.25, -0.2) is 4.98 Å². The van der Waals surface area contributed by atoms with Crippen LogP contribution in [0.4, 0.5) is 5.82 Å². The van der Waals surface area contributed by atoms with Crippen molar-refractivity contribution in [2.24, 2.45) is 0 Å². The van der Waals surface area contributed by atoms with Gasteiger partial charge in [0.1, 0.15) is 5.82 Å². The molecule has 1 saturated heterocycles. The highest BCUT2D eigenvalue weighted by atomic mass is 16.2. The van der Waals surface area contributed by atoms with Crippen LogP contribution in [0, 0.1) is 0 Å². The van der Waals surface area contributed by atoms with E-state index < -0.39 is 0 Å². The van der Waals surface area contributed by atoms with Gasteiger partial charge in [0.05, 0.1) is 5.56 Å². The molecule has 1 aliphatic rings. The molecule has 2 heterocycles. The van der Waals surface area contributed by atoms with Crippen LogP contribution in [0.15, 0.2) is 48.7 Å². The smallest absolute Gasteiger partial charge is 0.255 e. The summed E-state index contributed by atoms with van der Waals surface area (Å²) in [5.74, 6) is 0.814. The molecule has 1 N–H and O–H groups in total. The molecule has 1 aromatic carbocycles. The molecular formula is C21H26N4O2. The quantitative estimate of drug-likeness (QED) is 0.798. The first-order chi connectivity index (χ1) is 13.1. The van der Waals surface area contributed by atoms with Gasteiger partial charge in [-0.2, -0.15) is 0 Å². The third-order valence-electron chi connectivity index (χ3n) is 4.81. The van der Waals surface area contributed by atoms with Crippen molar-refractivity contribution >= 4 is 17.6 Å². The second-order valence-corrected chi connectivity index (χ2v) is 6.75. The Kier molecular flexibility index (Phi) is 6.41. The number of amides is 2. The maximum Gasteiger partial charge on any atom is 0.255 e. The Balaban J connectivity index is 1.44. The van der Waals surface area contributed by atoms with Gasteiger partial charge in [-0.15, -0.1) is 0 Å². The molecule has 0 spiro atoms. The fourth-order valence-corrected chi connectivity index (χ4v) is 3.19. The lowest BCUT2D eigenvalue weighted by Crippen LogP contribution is -2.50. The number of nitrogens with one attached hydrogen (secondary N) is 1. The Morgan fingerprint density at radius 3 is 2.33 bits per heavy atom. The van der Waals surface area contributed by atoms with Crippen molar-refractivity contribution in [3.63, 3.8) is 0 Å². The zero-order valence-electron chi connectivity index (χ0n) is 15.7. The van der Waals surface area contributed by atoms with E-state index in [9.17, 15) is 9.59 Å². The minimum absolute atomic E-state index is 0.0265. The van der Waals surface area contributed by atoms with Gasteiger partial charge in [0.25, 0.3) is 5.91 Å². The maximum absolute atomic E-state index is 12.6. The van der Waals surface area contributed by atoms with E-state index in [1.165, 1.54) is 5.56 Å². The molecule has 0 saturated carbocycles. The Bertz CT molecular complexity index is 754. The first-order valence-electron chi connectivity index (χ1n) is 9.42. The molecule has 1 aliphatic heterocycles. The van der Waals surface area contributed by atoms with Crippen LogP contribution in [-0.2, 0) is 11.2 Å². The highest BCUT2D eigenvalue weighted by Crippen LogP contribution is 2.11. The van der Waals surface area contributed by atoms with Gasteiger partial charge in [-0.05, 0) is 30.5 Å². The van der Waals surface area contributed by atoms with E-state index in [1.54, 1.807) is 22.9 Å². The lowest BCUT2D eigenvalue weighted by atomic mass is 10.1. The zero-order chi connectivity index (χ0) is 19.1. The van der Waals surface area contributed by atoms with Crippen LogP contribution in [0.3, 0.4) is 0 Å². The summed E-state index contributed by atoms with van der Waals surface area (Å²) in [4.78, 5) is 31.9. The van der Waals surface area contributed by atoms with Gasteiger partial charge >= 0.3 is 0 Å². The number of hydrogen-bond donors (Lipinski definition) is 1. The van der Waals surface area contributed by atoms with Gasteiger partial charge in [0.15, 0.2) is 0 Å². The van der Waals surface area contributed by atoms with Crippen LogP contribution in [-0.4, -0.2) is 59.3 Å². The number of piperazine rings is 1. The molecule has 2 amide bonds. The Labute approximate surface area is 160 Å². The summed E-state index contributed by atoms with van der Waals surface area (Å²) in [6.45, 7) is 4.72. The lowest BCUT2D eigenvalue weighted by Gasteiger charge is -2.34. The summed E-state index contributed by atoms with van der Waals surface area (Å²) in [5, 5.41) is 3.30. The predicted molar refractivity (Wildman–Crippen MR) is 106 cm³/mol. The van der Waals surface area contributed by atoms with E-state index in [0.29, 0.717) is 31.7 Å². The van der Waals surface area contributed by atoms with Gasteiger partial charge < -0.3 is 15.1 Å². The van der Waals surface area contributed by atoms with E-state index in [1.807, 2.05) is 18.2 Å². The number of aryl methyl sites for hydroxylation is 1. The first-order valence-corrected chi connectivity index (χ1v) is 9.42. The topological polar surface area (TPSA) is 65.5 Å². The number of carbonyl (C=O) groups excluding carboxylic acids is 2. The van der Waals surface area contributed by atoms with Crippen molar-refractivity contribution in [1.82, 2.24) is 14.8 Å². The minimum atomic E-state index is -0.0265. The predicted octanol–water partition coefficient (Wildman–Crippen LogP) is 2.43. The number of anilines is 1. The second kappa shape index (κ2) is 9.16. The second-order valence-electron chi connectivity index (χ2n) is 6.75. The highest BCUT2D eigenvalue weighted by molar-refractivity contribution is 5.94. The molecule has 0 aliphatic carbocycles. The fraction of sp³-hybridized carbons (Fsp3) is 0.381. The Hall–Kier alpha value is -2.89. The summed E-state index contributed by atoms with van der Waals surface area (Å²) in [6.07, 6.45) is 3.67. The summed E-state index contributed by atoms with van der Waals surface area (Å²) >= 11 is 0. The van der Waals surface area contributed by atoms with Crippen LogP contribution >= 0.6 is 0 Å². The van der Waals surface area contributed by atoms with Crippen LogP contribution in [0.5, 0.6) is 0 Å². The van der Waals surface area contributed by atoms with Crippen LogP contribution in [0.25, 0.3) is 0 Å². The van der Waals surface area contributed by atoms with E-state index in [0.717, 1.165) is 25.2 Å². The fourth-order valence-electron chi connectivity index (χ4n) is 3.19. The number of benzene rings is 1. The monoisotopic (exact) mass is 366 g/mol. The standard InChI is InChI=1S/C21H26N4O2/c1-17(26)24-12-14-25(15-13-24)21(27)19-9-10-20(23-16-19)22-11-5-8-18-6-3-2-4-7-18/h2-4,6-7,9-10,16H,5,8,11-15H2,1H3,(H,22,23). The number of pyridine rings is 1. The van der Waals surface area contributed by atoms with Gasteiger partial charge in [-0.3, -0.25) is 9.59 Å². The van der Waals surface area contributed by atoms with E-state index in [2.05, 4.69) is 34.6 Å². The number of rotatable bonds is 6. The lowest BCUT2D eigenvalue weighted by molar-refractivity contribution is -0.130. The normalized spacial score (nSPS) is 14.1. The first kappa shape index (κ1) is 18.9. The number of hydrogen-bond acceptors (Lipinski definition) is 4. The largest absolute Gasteiger partial charge is 0.370 e.